The molecule has 25 heavy (non-hydrogen) atoms. The van der Waals surface area contributed by atoms with Gasteiger partial charge in [0.2, 0.25) is 11.8 Å². The minimum absolute atomic E-state index is 0.118. The molecule has 0 bridgehead atoms. The number of piperidine rings is 1. The van der Waals surface area contributed by atoms with Gasteiger partial charge in [-0.1, -0.05) is 12.1 Å². The van der Waals surface area contributed by atoms with E-state index in [1.807, 2.05) is 0 Å². The number of aliphatic carboxylic acids is 1. The van der Waals surface area contributed by atoms with Crippen LogP contribution in [0, 0.1) is 17.7 Å². The van der Waals surface area contributed by atoms with Crippen LogP contribution in [0.4, 0.5) is 4.39 Å². The maximum Gasteiger partial charge on any atom is 0.306 e. The Kier molecular flexibility index (Phi) is 4.74. The molecule has 0 unspecified atom stereocenters. The predicted octanol–water partition coefficient (Wildman–Crippen LogP) is 1.67. The third kappa shape index (κ3) is 3.36. The van der Waals surface area contributed by atoms with Gasteiger partial charge in [0.15, 0.2) is 0 Å². The van der Waals surface area contributed by atoms with Gasteiger partial charge >= 0.3 is 5.97 Å². The molecule has 2 atom stereocenters. The summed E-state index contributed by atoms with van der Waals surface area (Å²) >= 11 is 0. The monoisotopic (exact) mass is 348 g/mol. The maximum atomic E-state index is 13.2. The Morgan fingerprint density at radius 2 is 1.76 bits per heavy atom. The highest BCUT2D eigenvalue weighted by molar-refractivity contribution is 5.90. The molecular weight excluding hydrogens is 327 g/mol. The van der Waals surface area contributed by atoms with E-state index >= 15 is 0 Å². The zero-order valence-corrected chi connectivity index (χ0v) is 14.0. The molecule has 0 aliphatic carbocycles. The van der Waals surface area contributed by atoms with Crippen LogP contribution in [0.15, 0.2) is 24.3 Å². The molecule has 1 aromatic rings. The summed E-state index contributed by atoms with van der Waals surface area (Å²) in [5.74, 6) is -2.38. The number of likely N-dealkylation sites (tertiary alicyclic amines) is 2. The number of carbonyl (C=O) groups is 3. The topological polar surface area (TPSA) is 77.9 Å². The first-order valence-corrected chi connectivity index (χ1v) is 8.41. The highest BCUT2D eigenvalue weighted by Gasteiger charge is 2.44. The number of nitrogens with zero attached hydrogens (tertiary/aromatic N) is 2. The van der Waals surface area contributed by atoms with E-state index in [0.717, 1.165) is 5.56 Å². The zero-order valence-electron chi connectivity index (χ0n) is 14.0. The lowest BCUT2D eigenvalue weighted by molar-refractivity contribution is -0.147. The van der Waals surface area contributed by atoms with Crippen molar-refractivity contribution in [2.75, 3.05) is 20.1 Å². The first kappa shape index (κ1) is 17.4. The van der Waals surface area contributed by atoms with Gasteiger partial charge in [-0.05, 0) is 30.5 Å². The Bertz CT molecular complexity index is 683. The Morgan fingerprint density at radius 1 is 1.16 bits per heavy atom. The van der Waals surface area contributed by atoms with Crippen LogP contribution in [-0.2, 0) is 14.4 Å². The minimum Gasteiger partial charge on any atom is -0.481 e. The molecule has 1 aromatic carbocycles. The van der Waals surface area contributed by atoms with Crippen LogP contribution < -0.4 is 0 Å². The van der Waals surface area contributed by atoms with Gasteiger partial charge in [0.25, 0.3) is 0 Å². The van der Waals surface area contributed by atoms with Gasteiger partial charge in [-0.25, -0.2) is 4.39 Å². The Hall–Kier alpha value is -2.44. The van der Waals surface area contributed by atoms with E-state index in [1.54, 1.807) is 29.0 Å². The van der Waals surface area contributed by atoms with Gasteiger partial charge in [0.1, 0.15) is 5.82 Å². The third-order valence-corrected chi connectivity index (χ3v) is 5.27. The van der Waals surface area contributed by atoms with Gasteiger partial charge in [0.05, 0.1) is 17.9 Å². The quantitative estimate of drug-likeness (QED) is 0.901. The van der Waals surface area contributed by atoms with Crippen LogP contribution in [0.5, 0.6) is 0 Å². The summed E-state index contributed by atoms with van der Waals surface area (Å²) in [5.41, 5.74) is 0.730. The summed E-state index contributed by atoms with van der Waals surface area (Å²) in [6, 6.07) is 5.44. The Morgan fingerprint density at radius 3 is 2.32 bits per heavy atom. The SMILES string of the molecule is CN1C(=O)C[C@@H](C(=O)N2CCC(C(=O)O)CC2)[C@H]1c1ccc(F)cc1. The van der Waals surface area contributed by atoms with Crippen molar-refractivity contribution in [1.82, 2.24) is 9.80 Å². The smallest absolute Gasteiger partial charge is 0.306 e. The van der Waals surface area contributed by atoms with Crippen LogP contribution in [-0.4, -0.2) is 52.8 Å². The van der Waals surface area contributed by atoms with Gasteiger partial charge < -0.3 is 14.9 Å². The zero-order chi connectivity index (χ0) is 18.1. The van der Waals surface area contributed by atoms with Crippen molar-refractivity contribution in [3.63, 3.8) is 0 Å². The lowest BCUT2D eigenvalue weighted by Crippen LogP contribution is -2.44. The number of carboxylic acids is 1. The summed E-state index contributed by atoms with van der Waals surface area (Å²) in [7, 11) is 1.65. The molecule has 0 spiro atoms. The summed E-state index contributed by atoms with van der Waals surface area (Å²) in [6.07, 6.45) is 0.980. The number of rotatable bonds is 3. The van der Waals surface area contributed by atoms with Crippen molar-refractivity contribution in [2.45, 2.75) is 25.3 Å². The molecule has 2 heterocycles. The van der Waals surface area contributed by atoms with E-state index in [4.69, 9.17) is 5.11 Å². The number of benzene rings is 1. The second kappa shape index (κ2) is 6.82. The standard InChI is InChI=1S/C18H21FN2O4/c1-20-15(22)10-14(16(20)11-2-4-13(19)5-3-11)17(23)21-8-6-12(7-9-21)18(24)25/h2-5,12,14,16H,6-10H2,1H3,(H,24,25)/t14-,16-/m1/s1. The average molecular weight is 348 g/mol. The second-order valence-corrected chi connectivity index (χ2v) is 6.75. The predicted molar refractivity (Wildman–Crippen MR) is 87.0 cm³/mol. The molecule has 2 saturated heterocycles. The maximum absolute atomic E-state index is 13.2. The number of carboxylic acid groups (broad SMARTS) is 1. The van der Waals surface area contributed by atoms with Gasteiger partial charge in [-0.3, -0.25) is 14.4 Å². The summed E-state index contributed by atoms with van der Waals surface area (Å²) in [4.78, 5) is 39.4. The third-order valence-electron chi connectivity index (χ3n) is 5.27. The molecule has 3 rings (SSSR count). The molecule has 1 N–H and O–H groups in total. The van der Waals surface area contributed by atoms with E-state index < -0.39 is 23.8 Å². The minimum atomic E-state index is -0.827. The normalized spacial score (nSPS) is 24.6. The molecule has 7 heteroatoms. The van der Waals surface area contributed by atoms with E-state index in [1.165, 1.54) is 12.1 Å². The fourth-order valence-corrected chi connectivity index (χ4v) is 3.79. The number of hydrogen-bond donors (Lipinski definition) is 1. The van der Waals surface area contributed by atoms with E-state index in [-0.39, 0.29) is 24.1 Å². The van der Waals surface area contributed by atoms with Crippen molar-refractivity contribution in [3.05, 3.63) is 35.6 Å². The fraction of sp³-hybridized carbons (Fsp3) is 0.500. The van der Waals surface area contributed by atoms with Crippen LogP contribution in [0.2, 0.25) is 0 Å². The molecule has 2 aliphatic rings. The number of carbonyl (C=O) groups excluding carboxylic acids is 2. The Balaban J connectivity index is 1.77. The second-order valence-electron chi connectivity index (χ2n) is 6.75. The molecule has 134 valence electrons. The lowest BCUT2D eigenvalue weighted by atomic mass is 9.90. The van der Waals surface area contributed by atoms with Crippen molar-refractivity contribution in [3.8, 4) is 0 Å². The molecule has 0 aromatic heterocycles. The summed E-state index contributed by atoms with van der Waals surface area (Å²) in [6.45, 7) is 0.778. The first-order valence-electron chi connectivity index (χ1n) is 8.41. The molecule has 2 amide bonds. The van der Waals surface area contributed by atoms with Crippen molar-refractivity contribution >= 4 is 17.8 Å². The lowest BCUT2D eigenvalue weighted by Gasteiger charge is -2.34. The molecule has 2 aliphatic heterocycles. The molecule has 0 saturated carbocycles. The van der Waals surface area contributed by atoms with E-state index in [9.17, 15) is 18.8 Å². The van der Waals surface area contributed by atoms with Crippen molar-refractivity contribution in [2.24, 2.45) is 11.8 Å². The molecule has 2 fully saturated rings. The van der Waals surface area contributed by atoms with E-state index in [2.05, 4.69) is 0 Å². The fourth-order valence-electron chi connectivity index (χ4n) is 3.79. The molecular formula is C18H21FN2O4. The largest absolute Gasteiger partial charge is 0.481 e. The first-order chi connectivity index (χ1) is 11.9. The van der Waals surface area contributed by atoms with Crippen molar-refractivity contribution < 1.29 is 23.9 Å². The highest BCUT2D eigenvalue weighted by Crippen LogP contribution is 2.38. The average Bonchev–Trinajstić information content (AvgIpc) is 2.90. The van der Waals surface area contributed by atoms with E-state index in [0.29, 0.717) is 25.9 Å². The van der Waals surface area contributed by atoms with Crippen LogP contribution in [0.3, 0.4) is 0 Å². The number of amides is 2. The highest BCUT2D eigenvalue weighted by atomic mass is 19.1. The van der Waals surface area contributed by atoms with Crippen LogP contribution >= 0.6 is 0 Å². The molecule has 0 radical (unpaired) electrons. The van der Waals surface area contributed by atoms with Crippen LogP contribution in [0.25, 0.3) is 0 Å². The van der Waals surface area contributed by atoms with Gasteiger partial charge in [0, 0.05) is 26.6 Å². The summed E-state index contributed by atoms with van der Waals surface area (Å²) < 4.78 is 13.2. The number of hydrogen-bond acceptors (Lipinski definition) is 3. The Labute approximate surface area is 145 Å². The van der Waals surface area contributed by atoms with Crippen molar-refractivity contribution in [1.29, 1.82) is 0 Å². The summed E-state index contributed by atoms with van der Waals surface area (Å²) in [5, 5.41) is 9.07. The van der Waals surface area contributed by atoms with Gasteiger partial charge in [-0.2, -0.15) is 0 Å². The molecule has 6 nitrogen and oxygen atoms in total. The van der Waals surface area contributed by atoms with Gasteiger partial charge in [-0.15, -0.1) is 0 Å². The number of halogens is 1. The van der Waals surface area contributed by atoms with Crippen LogP contribution in [0.1, 0.15) is 30.9 Å².